The fraction of sp³-hybridized carbons (Fsp3) is 0.310. The second kappa shape index (κ2) is 13.1. The number of hydrogen-bond acceptors (Lipinski definition) is 9. The molecule has 0 bridgehead atoms. The Morgan fingerprint density at radius 3 is 2.58 bits per heavy atom. The van der Waals surface area contributed by atoms with Gasteiger partial charge < -0.3 is 30.0 Å². The molecule has 0 spiro atoms. The summed E-state index contributed by atoms with van der Waals surface area (Å²) < 4.78 is 68.4. The summed E-state index contributed by atoms with van der Waals surface area (Å²) in [6.07, 6.45) is -7.07. The van der Waals surface area contributed by atoms with Crippen molar-refractivity contribution >= 4 is 51.8 Å². The van der Waals surface area contributed by atoms with Gasteiger partial charge in [-0.2, -0.15) is 18.3 Å². The van der Waals surface area contributed by atoms with E-state index in [0.29, 0.717) is 15.9 Å². The SMILES string of the molecule is COC1C(c2cc(Cl)nn2-c2cc(Cl)ccc2C(F)(F)F)OC2COC(c3ccccc3)OC2C1N/C=C(\N)c1nc(Cl)cs1. The van der Waals surface area contributed by atoms with E-state index in [0.717, 1.165) is 22.4 Å². The van der Waals surface area contributed by atoms with Crippen molar-refractivity contribution in [3.05, 3.63) is 103 Å². The lowest BCUT2D eigenvalue weighted by atomic mass is 9.90. The minimum Gasteiger partial charge on any atom is -0.395 e. The largest absolute Gasteiger partial charge is 0.418 e. The highest BCUT2D eigenvalue weighted by Crippen LogP contribution is 2.43. The Labute approximate surface area is 274 Å². The van der Waals surface area contributed by atoms with E-state index in [4.69, 9.17) is 59.5 Å². The van der Waals surface area contributed by atoms with E-state index < -0.39 is 48.5 Å². The van der Waals surface area contributed by atoms with E-state index in [-0.39, 0.29) is 28.2 Å². The van der Waals surface area contributed by atoms with Crippen LogP contribution in [0.1, 0.15) is 34.2 Å². The molecular weight excluding hydrogens is 678 g/mol. The van der Waals surface area contributed by atoms with Gasteiger partial charge in [-0.25, -0.2) is 9.67 Å². The Morgan fingerprint density at radius 1 is 1.11 bits per heavy atom. The minimum absolute atomic E-state index is 0.0618. The number of halogens is 6. The second-order valence-corrected chi connectivity index (χ2v) is 12.3. The van der Waals surface area contributed by atoms with E-state index in [1.54, 1.807) is 11.6 Å². The van der Waals surface area contributed by atoms with Crippen LogP contribution in [-0.4, -0.2) is 52.8 Å². The molecule has 2 aromatic heterocycles. The van der Waals surface area contributed by atoms with Crippen LogP contribution in [0.2, 0.25) is 15.3 Å². The summed E-state index contributed by atoms with van der Waals surface area (Å²) in [6.45, 7) is 0.101. The molecule has 0 amide bonds. The topological polar surface area (TPSA) is 106 Å². The average molecular weight is 703 g/mol. The van der Waals surface area contributed by atoms with Gasteiger partial charge >= 0.3 is 6.18 Å². The number of nitrogens with two attached hydrogens (primary N) is 1. The molecule has 0 radical (unpaired) electrons. The molecule has 4 heterocycles. The van der Waals surface area contributed by atoms with Crippen LogP contribution in [0, 0.1) is 0 Å². The lowest BCUT2D eigenvalue weighted by Gasteiger charge is -2.49. The van der Waals surface area contributed by atoms with E-state index in [1.165, 1.54) is 30.6 Å². The van der Waals surface area contributed by atoms with Gasteiger partial charge in [0.1, 0.15) is 34.6 Å². The molecule has 2 aromatic carbocycles. The van der Waals surface area contributed by atoms with Crippen molar-refractivity contribution in [3.63, 3.8) is 0 Å². The quantitative estimate of drug-likeness (QED) is 0.217. The van der Waals surface area contributed by atoms with Crippen LogP contribution >= 0.6 is 46.1 Å². The highest BCUT2D eigenvalue weighted by Gasteiger charge is 2.51. The molecule has 2 saturated heterocycles. The highest BCUT2D eigenvalue weighted by atomic mass is 35.5. The summed E-state index contributed by atoms with van der Waals surface area (Å²) in [5.74, 6) is 0. The summed E-state index contributed by atoms with van der Waals surface area (Å²) in [4.78, 5) is 4.21. The molecule has 2 aliphatic heterocycles. The van der Waals surface area contributed by atoms with Crippen molar-refractivity contribution in [2.75, 3.05) is 13.7 Å². The number of alkyl halides is 3. The minimum atomic E-state index is -4.71. The number of methoxy groups -OCH3 is 1. The molecule has 3 N–H and O–H groups in total. The molecule has 0 aliphatic carbocycles. The van der Waals surface area contributed by atoms with Gasteiger partial charge in [-0.05, 0) is 18.2 Å². The number of nitrogens with zero attached hydrogens (tertiary/aromatic N) is 3. The number of aromatic nitrogens is 3. The third-order valence-electron chi connectivity index (χ3n) is 7.38. The van der Waals surface area contributed by atoms with Gasteiger partial charge in [-0.3, -0.25) is 0 Å². The van der Waals surface area contributed by atoms with Crippen LogP contribution < -0.4 is 11.1 Å². The molecule has 2 fully saturated rings. The van der Waals surface area contributed by atoms with Crippen molar-refractivity contribution in [1.29, 1.82) is 0 Å². The summed E-state index contributed by atoms with van der Waals surface area (Å²) in [5.41, 5.74) is 6.32. The van der Waals surface area contributed by atoms with Gasteiger partial charge in [0.05, 0.1) is 35.3 Å². The summed E-state index contributed by atoms with van der Waals surface area (Å²) in [5, 5.41) is 9.94. The lowest BCUT2D eigenvalue weighted by molar-refractivity contribution is -0.313. The molecule has 4 aromatic rings. The maximum absolute atomic E-state index is 14.1. The van der Waals surface area contributed by atoms with Crippen molar-refractivity contribution < 1.29 is 32.1 Å². The van der Waals surface area contributed by atoms with Crippen LogP contribution in [0.5, 0.6) is 0 Å². The molecule has 45 heavy (non-hydrogen) atoms. The van der Waals surface area contributed by atoms with Crippen molar-refractivity contribution in [1.82, 2.24) is 20.1 Å². The first-order valence-corrected chi connectivity index (χ1v) is 15.5. The van der Waals surface area contributed by atoms with E-state index in [2.05, 4.69) is 15.4 Å². The van der Waals surface area contributed by atoms with Crippen molar-refractivity contribution in [2.24, 2.45) is 5.73 Å². The van der Waals surface area contributed by atoms with Gasteiger partial charge in [0.15, 0.2) is 11.4 Å². The molecule has 9 nitrogen and oxygen atoms in total. The number of hydrogen-bond donors (Lipinski definition) is 2. The predicted octanol–water partition coefficient (Wildman–Crippen LogP) is 6.79. The molecular formula is C29H25Cl3F3N5O4S. The fourth-order valence-corrected chi connectivity index (χ4v) is 6.65. The van der Waals surface area contributed by atoms with Gasteiger partial charge in [-0.1, -0.05) is 65.1 Å². The molecule has 0 saturated carbocycles. The average Bonchev–Trinajstić information content (AvgIpc) is 3.64. The second-order valence-electron chi connectivity index (χ2n) is 10.2. The van der Waals surface area contributed by atoms with Gasteiger partial charge in [-0.15, -0.1) is 11.3 Å². The van der Waals surface area contributed by atoms with Crippen LogP contribution in [-0.2, 0) is 25.1 Å². The lowest BCUT2D eigenvalue weighted by Crippen LogP contribution is -2.63. The predicted molar refractivity (Wildman–Crippen MR) is 163 cm³/mol. The Bertz CT molecular complexity index is 1690. The maximum Gasteiger partial charge on any atom is 0.418 e. The molecule has 6 rings (SSSR count). The zero-order chi connectivity index (χ0) is 31.9. The van der Waals surface area contributed by atoms with Crippen LogP contribution in [0.15, 0.2) is 66.2 Å². The van der Waals surface area contributed by atoms with Crippen molar-refractivity contribution in [3.8, 4) is 5.69 Å². The smallest absolute Gasteiger partial charge is 0.395 e. The Kier molecular flexibility index (Phi) is 9.33. The molecule has 6 atom stereocenters. The Balaban J connectivity index is 1.41. The number of thiazole rings is 1. The zero-order valence-electron chi connectivity index (χ0n) is 23.3. The molecule has 6 unspecified atom stereocenters. The highest BCUT2D eigenvalue weighted by molar-refractivity contribution is 7.11. The first kappa shape index (κ1) is 32.1. The number of benzene rings is 2. The number of fused-ring (bicyclic) bond motifs is 1. The van der Waals surface area contributed by atoms with Crippen LogP contribution in [0.3, 0.4) is 0 Å². The third-order valence-corrected chi connectivity index (χ3v) is 9.01. The first-order valence-electron chi connectivity index (χ1n) is 13.5. The van der Waals surface area contributed by atoms with Crippen molar-refractivity contribution in [2.45, 2.75) is 42.9 Å². The molecule has 2 aliphatic rings. The van der Waals surface area contributed by atoms with Gasteiger partial charge in [0.2, 0.25) is 0 Å². The number of ether oxygens (including phenoxy) is 4. The molecule has 238 valence electrons. The van der Waals surface area contributed by atoms with E-state index in [1.807, 2.05) is 30.3 Å². The zero-order valence-corrected chi connectivity index (χ0v) is 26.3. The van der Waals surface area contributed by atoms with Gasteiger partial charge in [0.25, 0.3) is 0 Å². The summed E-state index contributed by atoms with van der Waals surface area (Å²) >= 11 is 19.7. The number of nitrogens with one attached hydrogen (secondary N) is 1. The van der Waals surface area contributed by atoms with E-state index >= 15 is 0 Å². The van der Waals surface area contributed by atoms with E-state index in [9.17, 15) is 13.2 Å². The standard InChI is InChI=1S/C29H25Cl3F3N5O4S/c1-41-26-23(37-11-17(36)27-38-22(32)13-45-27)25-20(12-42-28(44-25)14-5-3-2-4-6-14)43-24(26)19-10-21(31)39-40(19)18-9-15(30)7-8-16(18)29(33,34)35/h2-11,13,20,23-26,28,37H,12,36H2,1H3/b17-11-. The van der Waals surface area contributed by atoms with Crippen LogP contribution in [0.4, 0.5) is 13.2 Å². The normalized spacial score (nSPS) is 25.6. The summed E-state index contributed by atoms with van der Waals surface area (Å²) in [6, 6.07) is 13.3. The third kappa shape index (κ3) is 6.67. The number of rotatable bonds is 7. The fourth-order valence-electron chi connectivity index (χ4n) is 5.42. The summed E-state index contributed by atoms with van der Waals surface area (Å²) in [7, 11) is 1.46. The van der Waals surface area contributed by atoms with Crippen LogP contribution in [0.25, 0.3) is 11.4 Å². The maximum atomic E-state index is 14.1. The molecule has 16 heteroatoms. The van der Waals surface area contributed by atoms with Gasteiger partial charge in [0, 0.05) is 35.3 Å². The Hall–Kier alpha value is -2.88. The Morgan fingerprint density at radius 2 is 1.89 bits per heavy atom. The monoisotopic (exact) mass is 701 g/mol. The first-order chi connectivity index (χ1) is 21.5.